The molecule has 0 aliphatic carbocycles. The summed E-state index contributed by atoms with van der Waals surface area (Å²) in [5.74, 6) is 0.927. The molecule has 1 rings (SSSR count). The lowest BCUT2D eigenvalue weighted by Gasteiger charge is -2.35. The Kier molecular flexibility index (Phi) is 4.02. The quantitative estimate of drug-likeness (QED) is 0.694. The molecule has 0 spiro atoms. The van der Waals surface area contributed by atoms with Gasteiger partial charge in [-0.1, -0.05) is 13.8 Å². The van der Waals surface area contributed by atoms with Crippen molar-refractivity contribution in [2.45, 2.75) is 39.2 Å². The number of nitrogens with two attached hydrogens (primary N) is 1. The minimum Gasteiger partial charge on any atom is -0.329 e. The highest BCUT2D eigenvalue weighted by Crippen LogP contribution is 2.18. The molecule has 1 atom stereocenters. The van der Waals surface area contributed by atoms with Crippen LogP contribution in [0.25, 0.3) is 0 Å². The molecule has 2 heteroatoms. The first-order valence-electron chi connectivity index (χ1n) is 5.22. The van der Waals surface area contributed by atoms with Crippen LogP contribution in [0, 0.1) is 5.92 Å². The number of hydrogen-bond acceptors (Lipinski definition) is 2. The molecule has 0 unspecified atom stereocenters. The van der Waals surface area contributed by atoms with Gasteiger partial charge in [0.1, 0.15) is 0 Å². The summed E-state index contributed by atoms with van der Waals surface area (Å²) in [6.07, 6.45) is 3.91. The van der Waals surface area contributed by atoms with Crippen molar-refractivity contribution in [1.82, 2.24) is 4.90 Å². The van der Waals surface area contributed by atoms with E-state index >= 15 is 0 Å². The fourth-order valence-electron chi connectivity index (χ4n) is 1.97. The Morgan fingerprint density at radius 1 is 1.42 bits per heavy atom. The van der Waals surface area contributed by atoms with Gasteiger partial charge in [0.2, 0.25) is 0 Å². The first-order valence-corrected chi connectivity index (χ1v) is 5.22. The van der Waals surface area contributed by atoms with E-state index in [1.165, 1.54) is 32.4 Å². The van der Waals surface area contributed by atoms with Crippen LogP contribution in [0.5, 0.6) is 0 Å². The summed E-state index contributed by atoms with van der Waals surface area (Å²) in [7, 11) is 0. The van der Waals surface area contributed by atoms with Crippen molar-refractivity contribution < 1.29 is 0 Å². The van der Waals surface area contributed by atoms with E-state index in [9.17, 15) is 0 Å². The molecule has 0 aromatic heterocycles. The van der Waals surface area contributed by atoms with Gasteiger partial charge >= 0.3 is 0 Å². The van der Waals surface area contributed by atoms with Crippen LogP contribution in [0.15, 0.2) is 0 Å². The lowest BCUT2D eigenvalue weighted by molar-refractivity contribution is 0.138. The lowest BCUT2D eigenvalue weighted by Crippen LogP contribution is -2.44. The van der Waals surface area contributed by atoms with Crippen molar-refractivity contribution in [2.24, 2.45) is 11.7 Å². The van der Waals surface area contributed by atoms with E-state index in [4.69, 9.17) is 5.73 Å². The van der Waals surface area contributed by atoms with Crippen LogP contribution >= 0.6 is 0 Å². The van der Waals surface area contributed by atoms with Crippen molar-refractivity contribution in [2.75, 3.05) is 19.6 Å². The fraction of sp³-hybridized carbons (Fsp3) is 1.00. The molecule has 1 saturated heterocycles. The van der Waals surface area contributed by atoms with Crippen molar-refractivity contribution in [3.8, 4) is 0 Å². The topological polar surface area (TPSA) is 29.3 Å². The highest BCUT2D eigenvalue weighted by atomic mass is 15.2. The average molecular weight is 170 g/mol. The smallest absolute Gasteiger partial charge is 0.0215 e. The first kappa shape index (κ1) is 10.0. The molecule has 0 saturated carbocycles. The van der Waals surface area contributed by atoms with Crippen LogP contribution in [0.4, 0.5) is 0 Å². The molecule has 0 aromatic carbocycles. The summed E-state index contributed by atoms with van der Waals surface area (Å²) in [5, 5.41) is 0. The van der Waals surface area contributed by atoms with Gasteiger partial charge in [-0.05, 0) is 38.3 Å². The van der Waals surface area contributed by atoms with Crippen molar-refractivity contribution in [3.63, 3.8) is 0 Å². The van der Waals surface area contributed by atoms with Gasteiger partial charge in [0, 0.05) is 12.6 Å². The molecule has 1 aliphatic rings. The van der Waals surface area contributed by atoms with E-state index < -0.39 is 0 Å². The van der Waals surface area contributed by atoms with Crippen molar-refractivity contribution >= 4 is 0 Å². The molecule has 1 fully saturated rings. The molecule has 2 N–H and O–H groups in total. The van der Waals surface area contributed by atoms with Crippen LogP contribution in [-0.2, 0) is 0 Å². The Labute approximate surface area is 76.1 Å². The SMILES string of the molecule is CC[C@@H](CN)N1CCC(C)CC1. The average Bonchev–Trinajstić information content (AvgIpc) is 2.10. The molecular formula is C10H22N2. The van der Waals surface area contributed by atoms with Gasteiger partial charge in [-0.15, -0.1) is 0 Å². The second-order valence-corrected chi connectivity index (χ2v) is 4.02. The molecule has 2 nitrogen and oxygen atoms in total. The molecule has 0 bridgehead atoms. The Hall–Kier alpha value is -0.0800. The first-order chi connectivity index (χ1) is 5.77. The van der Waals surface area contributed by atoms with Crippen LogP contribution in [0.1, 0.15) is 33.1 Å². The predicted molar refractivity (Wildman–Crippen MR) is 53.1 cm³/mol. The number of rotatable bonds is 3. The third-order valence-electron chi connectivity index (χ3n) is 3.08. The Bertz CT molecular complexity index is 113. The predicted octanol–water partition coefficient (Wildman–Crippen LogP) is 1.46. The zero-order valence-electron chi connectivity index (χ0n) is 8.42. The number of likely N-dealkylation sites (tertiary alicyclic amines) is 1. The Morgan fingerprint density at radius 3 is 2.42 bits per heavy atom. The molecule has 72 valence electrons. The maximum atomic E-state index is 5.71. The van der Waals surface area contributed by atoms with E-state index in [2.05, 4.69) is 18.7 Å². The highest BCUT2D eigenvalue weighted by Gasteiger charge is 2.20. The van der Waals surface area contributed by atoms with Gasteiger partial charge in [-0.2, -0.15) is 0 Å². The third kappa shape index (κ3) is 2.46. The van der Waals surface area contributed by atoms with Crippen LogP contribution in [-0.4, -0.2) is 30.6 Å². The minimum absolute atomic E-state index is 0.637. The zero-order chi connectivity index (χ0) is 8.97. The number of piperidine rings is 1. The number of nitrogens with zero attached hydrogens (tertiary/aromatic N) is 1. The summed E-state index contributed by atoms with van der Waals surface area (Å²) in [4.78, 5) is 2.56. The Morgan fingerprint density at radius 2 is 2.00 bits per heavy atom. The fourth-order valence-corrected chi connectivity index (χ4v) is 1.97. The molecular weight excluding hydrogens is 148 g/mol. The second kappa shape index (κ2) is 4.83. The Balaban J connectivity index is 2.32. The highest BCUT2D eigenvalue weighted by molar-refractivity contribution is 4.76. The summed E-state index contributed by atoms with van der Waals surface area (Å²) in [6.45, 7) is 7.93. The standard InChI is InChI=1S/C10H22N2/c1-3-10(8-11)12-6-4-9(2)5-7-12/h9-10H,3-8,11H2,1-2H3/t10-/m0/s1. The summed E-state index contributed by atoms with van der Waals surface area (Å²) >= 11 is 0. The summed E-state index contributed by atoms with van der Waals surface area (Å²) in [5.41, 5.74) is 5.71. The van der Waals surface area contributed by atoms with Gasteiger partial charge in [-0.25, -0.2) is 0 Å². The largest absolute Gasteiger partial charge is 0.329 e. The van der Waals surface area contributed by atoms with Crippen molar-refractivity contribution in [3.05, 3.63) is 0 Å². The van der Waals surface area contributed by atoms with E-state index in [0.717, 1.165) is 12.5 Å². The van der Waals surface area contributed by atoms with E-state index in [1.54, 1.807) is 0 Å². The third-order valence-corrected chi connectivity index (χ3v) is 3.08. The van der Waals surface area contributed by atoms with Crippen LogP contribution in [0.2, 0.25) is 0 Å². The van der Waals surface area contributed by atoms with Gasteiger partial charge < -0.3 is 5.73 Å². The van der Waals surface area contributed by atoms with E-state index in [0.29, 0.717) is 6.04 Å². The second-order valence-electron chi connectivity index (χ2n) is 4.02. The molecule has 1 heterocycles. The summed E-state index contributed by atoms with van der Waals surface area (Å²) in [6, 6.07) is 0.637. The maximum absolute atomic E-state index is 5.71. The monoisotopic (exact) mass is 170 g/mol. The molecule has 1 aliphatic heterocycles. The van der Waals surface area contributed by atoms with E-state index in [-0.39, 0.29) is 0 Å². The van der Waals surface area contributed by atoms with Gasteiger partial charge in [-0.3, -0.25) is 4.90 Å². The van der Waals surface area contributed by atoms with E-state index in [1.807, 2.05) is 0 Å². The molecule has 0 amide bonds. The minimum atomic E-state index is 0.637. The van der Waals surface area contributed by atoms with Crippen LogP contribution in [0.3, 0.4) is 0 Å². The molecule has 0 aromatic rings. The number of hydrogen-bond donors (Lipinski definition) is 1. The van der Waals surface area contributed by atoms with Gasteiger partial charge in [0.15, 0.2) is 0 Å². The van der Waals surface area contributed by atoms with Crippen molar-refractivity contribution in [1.29, 1.82) is 0 Å². The molecule has 12 heavy (non-hydrogen) atoms. The van der Waals surface area contributed by atoms with Gasteiger partial charge in [0.25, 0.3) is 0 Å². The lowest BCUT2D eigenvalue weighted by atomic mass is 9.97. The van der Waals surface area contributed by atoms with Crippen LogP contribution < -0.4 is 5.73 Å². The maximum Gasteiger partial charge on any atom is 0.0215 e. The zero-order valence-corrected chi connectivity index (χ0v) is 8.42. The normalized spacial score (nSPS) is 24.2. The molecule has 0 radical (unpaired) electrons. The summed E-state index contributed by atoms with van der Waals surface area (Å²) < 4.78 is 0. The van der Waals surface area contributed by atoms with Gasteiger partial charge in [0.05, 0.1) is 0 Å².